The molecule has 0 aliphatic carbocycles. The van der Waals surface area contributed by atoms with Gasteiger partial charge in [0.2, 0.25) is 0 Å². The maximum Gasteiger partial charge on any atom is 0.119 e. The van der Waals surface area contributed by atoms with E-state index in [1.54, 1.807) is 7.11 Å². The van der Waals surface area contributed by atoms with Crippen LogP contribution in [0.5, 0.6) is 5.75 Å². The zero-order valence-electron chi connectivity index (χ0n) is 13.8. The van der Waals surface area contributed by atoms with E-state index in [0.717, 1.165) is 25.3 Å². The van der Waals surface area contributed by atoms with Crippen molar-refractivity contribution in [2.45, 2.75) is 47.0 Å². The molecule has 0 aliphatic rings. The topological polar surface area (TPSA) is 21.3 Å². The molecule has 0 heterocycles. The highest BCUT2D eigenvalue weighted by molar-refractivity contribution is 5.29. The number of rotatable bonds is 9. The summed E-state index contributed by atoms with van der Waals surface area (Å²) in [6.45, 7) is 11.3. The van der Waals surface area contributed by atoms with Gasteiger partial charge < -0.3 is 10.1 Å². The largest absolute Gasteiger partial charge is 0.497 e. The maximum absolute atomic E-state index is 5.33. The number of nitrogens with one attached hydrogen (secondary N) is 1. The maximum atomic E-state index is 5.33. The molecular formula is C18H31NO. The Morgan fingerprint density at radius 3 is 2.45 bits per heavy atom. The van der Waals surface area contributed by atoms with Crippen LogP contribution in [0, 0.1) is 11.3 Å². The molecule has 1 N–H and O–H groups in total. The predicted molar refractivity (Wildman–Crippen MR) is 87.4 cm³/mol. The van der Waals surface area contributed by atoms with Crippen LogP contribution in [0.4, 0.5) is 0 Å². The van der Waals surface area contributed by atoms with E-state index >= 15 is 0 Å². The van der Waals surface area contributed by atoms with Crippen LogP contribution in [-0.2, 0) is 6.42 Å². The van der Waals surface area contributed by atoms with Crippen molar-refractivity contribution in [1.82, 2.24) is 5.32 Å². The molecule has 0 atom stereocenters. The molecular weight excluding hydrogens is 246 g/mol. The van der Waals surface area contributed by atoms with Crippen LogP contribution in [0.1, 0.15) is 46.1 Å². The standard InChI is InChI=1S/C18H31NO/c1-6-18(7-2,14-19-13-15(3)4)12-16-9-8-10-17(11-16)20-5/h8-11,15,19H,6-7,12-14H2,1-5H3. The zero-order valence-corrected chi connectivity index (χ0v) is 13.8. The van der Waals surface area contributed by atoms with Crippen molar-refractivity contribution in [2.75, 3.05) is 20.2 Å². The summed E-state index contributed by atoms with van der Waals surface area (Å²) in [5, 5.41) is 3.65. The van der Waals surface area contributed by atoms with Crippen molar-refractivity contribution in [3.63, 3.8) is 0 Å². The molecule has 2 heteroatoms. The van der Waals surface area contributed by atoms with Crippen LogP contribution in [-0.4, -0.2) is 20.2 Å². The van der Waals surface area contributed by atoms with Crippen molar-refractivity contribution >= 4 is 0 Å². The van der Waals surface area contributed by atoms with Crippen LogP contribution in [0.3, 0.4) is 0 Å². The zero-order chi connectivity index (χ0) is 15.0. The molecule has 0 amide bonds. The van der Waals surface area contributed by atoms with Crippen LogP contribution in [0.25, 0.3) is 0 Å². The number of methoxy groups -OCH3 is 1. The van der Waals surface area contributed by atoms with Crippen LogP contribution in [0.2, 0.25) is 0 Å². The second kappa shape index (κ2) is 8.31. The van der Waals surface area contributed by atoms with Gasteiger partial charge in [-0.3, -0.25) is 0 Å². The van der Waals surface area contributed by atoms with Gasteiger partial charge in [0.25, 0.3) is 0 Å². The Bertz CT molecular complexity index is 383. The lowest BCUT2D eigenvalue weighted by Gasteiger charge is -2.33. The third-order valence-electron chi connectivity index (χ3n) is 4.27. The molecule has 0 saturated heterocycles. The summed E-state index contributed by atoms with van der Waals surface area (Å²) < 4.78 is 5.33. The second-order valence-corrected chi connectivity index (χ2v) is 6.26. The minimum absolute atomic E-state index is 0.348. The number of ether oxygens (including phenoxy) is 1. The lowest BCUT2D eigenvalue weighted by Crippen LogP contribution is -2.37. The average molecular weight is 277 g/mol. The quantitative estimate of drug-likeness (QED) is 0.727. The fraction of sp³-hybridized carbons (Fsp3) is 0.667. The van der Waals surface area contributed by atoms with Gasteiger partial charge in [0, 0.05) is 6.54 Å². The molecule has 20 heavy (non-hydrogen) atoms. The van der Waals surface area contributed by atoms with Crippen molar-refractivity contribution in [3.05, 3.63) is 29.8 Å². The fourth-order valence-electron chi connectivity index (χ4n) is 2.65. The Morgan fingerprint density at radius 2 is 1.90 bits per heavy atom. The first-order valence-electron chi connectivity index (χ1n) is 7.89. The Morgan fingerprint density at radius 1 is 1.20 bits per heavy atom. The van der Waals surface area contributed by atoms with E-state index in [0.29, 0.717) is 11.3 Å². The summed E-state index contributed by atoms with van der Waals surface area (Å²) in [6, 6.07) is 8.49. The molecule has 2 nitrogen and oxygen atoms in total. The van der Waals surface area contributed by atoms with E-state index < -0.39 is 0 Å². The van der Waals surface area contributed by atoms with Crippen molar-refractivity contribution < 1.29 is 4.74 Å². The lowest BCUT2D eigenvalue weighted by molar-refractivity contribution is 0.242. The predicted octanol–water partition coefficient (Wildman–Crippen LogP) is 4.29. The van der Waals surface area contributed by atoms with Crippen molar-refractivity contribution in [3.8, 4) is 5.75 Å². The summed E-state index contributed by atoms with van der Waals surface area (Å²) in [5.41, 5.74) is 1.72. The Kier molecular flexibility index (Phi) is 7.08. The van der Waals surface area contributed by atoms with Crippen LogP contribution >= 0.6 is 0 Å². The van der Waals surface area contributed by atoms with Gasteiger partial charge in [0.15, 0.2) is 0 Å². The summed E-state index contributed by atoms with van der Waals surface area (Å²) >= 11 is 0. The summed E-state index contributed by atoms with van der Waals surface area (Å²) in [4.78, 5) is 0. The molecule has 0 aliphatic heterocycles. The molecule has 0 saturated carbocycles. The summed E-state index contributed by atoms with van der Waals surface area (Å²) in [6.07, 6.45) is 3.51. The fourth-order valence-corrected chi connectivity index (χ4v) is 2.65. The molecule has 0 bridgehead atoms. The molecule has 0 unspecified atom stereocenters. The molecule has 0 fully saturated rings. The second-order valence-electron chi connectivity index (χ2n) is 6.26. The van der Waals surface area contributed by atoms with Gasteiger partial charge in [-0.2, -0.15) is 0 Å². The highest BCUT2D eigenvalue weighted by atomic mass is 16.5. The van der Waals surface area contributed by atoms with Crippen molar-refractivity contribution in [2.24, 2.45) is 11.3 Å². The molecule has 114 valence electrons. The number of hydrogen-bond acceptors (Lipinski definition) is 2. The van der Waals surface area contributed by atoms with Gasteiger partial charge in [0.05, 0.1) is 7.11 Å². The van der Waals surface area contributed by atoms with Gasteiger partial charge in [-0.25, -0.2) is 0 Å². The first kappa shape index (κ1) is 17.0. The van der Waals surface area contributed by atoms with Gasteiger partial charge in [0.1, 0.15) is 5.75 Å². The molecule has 1 aromatic carbocycles. The van der Waals surface area contributed by atoms with Crippen LogP contribution in [0.15, 0.2) is 24.3 Å². The van der Waals surface area contributed by atoms with E-state index in [2.05, 4.69) is 51.2 Å². The smallest absolute Gasteiger partial charge is 0.119 e. The third-order valence-corrected chi connectivity index (χ3v) is 4.27. The Balaban J connectivity index is 2.73. The number of benzene rings is 1. The number of hydrogen-bond donors (Lipinski definition) is 1. The van der Waals surface area contributed by atoms with E-state index in [1.165, 1.54) is 18.4 Å². The van der Waals surface area contributed by atoms with E-state index in [4.69, 9.17) is 4.74 Å². The lowest BCUT2D eigenvalue weighted by atomic mass is 9.76. The molecule has 1 rings (SSSR count). The van der Waals surface area contributed by atoms with E-state index in [-0.39, 0.29) is 0 Å². The average Bonchev–Trinajstić information content (AvgIpc) is 2.46. The van der Waals surface area contributed by atoms with Gasteiger partial charge in [-0.05, 0) is 54.8 Å². The molecule has 0 aromatic heterocycles. The van der Waals surface area contributed by atoms with E-state index in [1.807, 2.05) is 6.07 Å². The first-order valence-corrected chi connectivity index (χ1v) is 7.89. The van der Waals surface area contributed by atoms with Gasteiger partial charge in [-0.15, -0.1) is 0 Å². The summed E-state index contributed by atoms with van der Waals surface area (Å²) in [7, 11) is 1.73. The minimum atomic E-state index is 0.348. The third kappa shape index (κ3) is 5.16. The van der Waals surface area contributed by atoms with E-state index in [9.17, 15) is 0 Å². The molecule has 0 radical (unpaired) electrons. The first-order chi connectivity index (χ1) is 9.55. The minimum Gasteiger partial charge on any atom is -0.497 e. The molecule has 1 aromatic rings. The monoisotopic (exact) mass is 277 g/mol. The van der Waals surface area contributed by atoms with Gasteiger partial charge in [-0.1, -0.05) is 39.8 Å². The van der Waals surface area contributed by atoms with Gasteiger partial charge >= 0.3 is 0 Å². The SMILES string of the molecule is CCC(CC)(CNCC(C)C)Cc1cccc(OC)c1. The Hall–Kier alpha value is -1.02. The summed E-state index contributed by atoms with van der Waals surface area (Å²) in [5.74, 6) is 1.66. The highest BCUT2D eigenvalue weighted by Crippen LogP contribution is 2.31. The Labute approximate surface area is 124 Å². The van der Waals surface area contributed by atoms with Crippen molar-refractivity contribution in [1.29, 1.82) is 0 Å². The highest BCUT2D eigenvalue weighted by Gasteiger charge is 2.26. The molecule has 0 spiro atoms. The van der Waals surface area contributed by atoms with Crippen LogP contribution < -0.4 is 10.1 Å². The normalized spacial score (nSPS) is 11.9.